The first-order chi connectivity index (χ1) is 18.9. The third-order valence-corrected chi connectivity index (χ3v) is 6.31. The molecule has 1 heterocycles. The van der Waals surface area contributed by atoms with E-state index in [1.165, 1.54) is 4.90 Å². The molecule has 0 spiro atoms. The van der Waals surface area contributed by atoms with Gasteiger partial charge in [-0.25, -0.2) is 0 Å². The Kier molecular flexibility index (Phi) is 11.7. The van der Waals surface area contributed by atoms with Gasteiger partial charge in [0, 0.05) is 38.3 Å². The van der Waals surface area contributed by atoms with Gasteiger partial charge in [0.15, 0.2) is 0 Å². The number of hydrogen-bond donors (Lipinski definition) is 5. The van der Waals surface area contributed by atoms with E-state index in [2.05, 4.69) is 10.6 Å². The van der Waals surface area contributed by atoms with Crippen LogP contribution in [-0.4, -0.2) is 60.9 Å². The standard InChI is InChI=1S/C29H38N6O4/c30-14-16-35(17-15-31)27(36)19-24(32)28(37)34-25(13-10-21-5-2-1-3-6-21)29(38)33-20-22-8-11-23(12-9-22)26-7-4-18-39-26/h1-9,11-12,18,24-25H,10,13-17,19-20,30-32H2,(H,33,38)(H,34,37). The molecule has 0 aliphatic rings. The molecule has 3 amide bonds. The second kappa shape index (κ2) is 15.4. The molecule has 0 saturated carbocycles. The summed E-state index contributed by atoms with van der Waals surface area (Å²) in [5.41, 5.74) is 20.1. The highest BCUT2D eigenvalue weighted by Gasteiger charge is 2.26. The minimum Gasteiger partial charge on any atom is -0.464 e. The van der Waals surface area contributed by atoms with E-state index >= 15 is 0 Å². The summed E-state index contributed by atoms with van der Waals surface area (Å²) >= 11 is 0. The van der Waals surface area contributed by atoms with Gasteiger partial charge in [-0.1, -0.05) is 54.6 Å². The molecule has 0 saturated heterocycles. The first kappa shape index (κ1) is 29.6. The highest BCUT2D eigenvalue weighted by atomic mass is 16.3. The maximum atomic E-state index is 13.2. The van der Waals surface area contributed by atoms with E-state index in [0.717, 1.165) is 22.5 Å². The van der Waals surface area contributed by atoms with E-state index in [9.17, 15) is 14.4 Å². The predicted octanol–water partition coefficient (Wildman–Crippen LogP) is 1.14. The van der Waals surface area contributed by atoms with Crippen molar-refractivity contribution in [2.75, 3.05) is 26.2 Å². The van der Waals surface area contributed by atoms with E-state index in [0.29, 0.717) is 25.9 Å². The quantitative estimate of drug-likeness (QED) is 0.195. The number of benzene rings is 2. The van der Waals surface area contributed by atoms with Gasteiger partial charge in [0.25, 0.3) is 0 Å². The zero-order valence-electron chi connectivity index (χ0n) is 22.1. The first-order valence-corrected chi connectivity index (χ1v) is 13.1. The summed E-state index contributed by atoms with van der Waals surface area (Å²) in [7, 11) is 0. The summed E-state index contributed by atoms with van der Waals surface area (Å²) in [5, 5.41) is 5.66. The first-order valence-electron chi connectivity index (χ1n) is 13.1. The molecular formula is C29H38N6O4. The second-order valence-electron chi connectivity index (χ2n) is 9.25. The molecule has 1 aromatic heterocycles. The van der Waals surface area contributed by atoms with Crippen LogP contribution in [0.4, 0.5) is 0 Å². The maximum Gasteiger partial charge on any atom is 0.242 e. The van der Waals surface area contributed by atoms with E-state index in [1.54, 1.807) is 6.26 Å². The highest BCUT2D eigenvalue weighted by Crippen LogP contribution is 2.20. The van der Waals surface area contributed by atoms with E-state index in [4.69, 9.17) is 21.6 Å². The zero-order valence-corrected chi connectivity index (χ0v) is 22.1. The molecule has 0 aliphatic carbocycles. The monoisotopic (exact) mass is 534 g/mol. The largest absolute Gasteiger partial charge is 0.464 e. The summed E-state index contributed by atoms with van der Waals surface area (Å²) in [5.74, 6) is -0.448. The average Bonchev–Trinajstić information content (AvgIpc) is 3.49. The fraction of sp³-hybridized carbons (Fsp3) is 0.345. The average molecular weight is 535 g/mol. The molecule has 2 atom stereocenters. The van der Waals surface area contributed by atoms with Crippen LogP contribution in [0.1, 0.15) is 24.0 Å². The van der Waals surface area contributed by atoms with Crippen molar-refractivity contribution in [3.8, 4) is 11.3 Å². The van der Waals surface area contributed by atoms with Crippen molar-refractivity contribution in [3.63, 3.8) is 0 Å². The number of rotatable bonds is 15. The number of carbonyl (C=O) groups is 3. The number of amides is 3. The van der Waals surface area contributed by atoms with Crippen LogP contribution < -0.4 is 27.8 Å². The number of furan rings is 1. The Balaban J connectivity index is 1.61. The molecule has 0 aliphatic heterocycles. The number of carbonyl (C=O) groups excluding carboxylic acids is 3. The smallest absolute Gasteiger partial charge is 0.242 e. The molecule has 208 valence electrons. The lowest BCUT2D eigenvalue weighted by Crippen LogP contribution is -2.53. The van der Waals surface area contributed by atoms with Crippen LogP contribution >= 0.6 is 0 Å². The number of aryl methyl sites for hydroxylation is 1. The van der Waals surface area contributed by atoms with Gasteiger partial charge in [-0.15, -0.1) is 0 Å². The van der Waals surface area contributed by atoms with Crippen LogP contribution in [0.3, 0.4) is 0 Å². The van der Waals surface area contributed by atoms with E-state index < -0.39 is 18.0 Å². The Labute approximate surface area is 228 Å². The number of hydrogen-bond acceptors (Lipinski definition) is 7. The van der Waals surface area contributed by atoms with Crippen LogP contribution in [0.5, 0.6) is 0 Å². The van der Waals surface area contributed by atoms with Gasteiger partial charge in [0.05, 0.1) is 18.7 Å². The van der Waals surface area contributed by atoms with Crippen LogP contribution in [0, 0.1) is 0 Å². The summed E-state index contributed by atoms with van der Waals surface area (Å²) in [6.07, 6.45) is 2.35. The van der Waals surface area contributed by atoms with Gasteiger partial charge in [0.2, 0.25) is 17.7 Å². The molecule has 3 aromatic rings. The Morgan fingerprint density at radius 3 is 2.15 bits per heavy atom. The molecule has 0 bridgehead atoms. The van der Waals surface area contributed by atoms with Crippen LogP contribution in [-0.2, 0) is 27.3 Å². The van der Waals surface area contributed by atoms with Crippen molar-refractivity contribution in [1.82, 2.24) is 15.5 Å². The second-order valence-corrected chi connectivity index (χ2v) is 9.25. The molecule has 2 unspecified atom stereocenters. The molecular weight excluding hydrogens is 496 g/mol. The van der Waals surface area contributed by atoms with Crippen LogP contribution in [0.2, 0.25) is 0 Å². The molecule has 0 fully saturated rings. The minimum atomic E-state index is -1.11. The lowest BCUT2D eigenvalue weighted by Gasteiger charge is -2.24. The van der Waals surface area contributed by atoms with Gasteiger partial charge >= 0.3 is 0 Å². The Hall–Kier alpha value is -3.99. The number of nitrogens with two attached hydrogens (primary N) is 3. The number of nitrogens with zero attached hydrogens (tertiary/aromatic N) is 1. The maximum absolute atomic E-state index is 13.2. The molecule has 2 aromatic carbocycles. The minimum absolute atomic E-state index is 0.207. The third-order valence-electron chi connectivity index (χ3n) is 6.31. The SMILES string of the molecule is NCCN(CCN)C(=O)CC(N)C(=O)NC(CCc1ccccc1)C(=O)NCc1ccc(-c2ccco2)cc1. The Morgan fingerprint density at radius 2 is 1.54 bits per heavy atom. The van der Waals surface area contributed by atoms with Crippen molar-refractivity contribution in [3.05, 3.63) is 84.1 Å². The van der Waals surface area contributed by atoms with Gasteiger partial charge in [-0.2, -0.15) is 0 Å². The van der Waals surface area contributed by atoms with Crippen molar-refractivity contribution in [2.45, 2.75) is 37.9 Å². The van der Waals surface area contributed by atoms with Crippen LogP contribution in [0.25, 0.3) is 11.3 Å². The van der Waals surface area contributed by atoms with Crippen molar-refractivity contribution < 1.29 is 18.8 Å². The molecule has 0 radical (unpaired) electrons. The summed E-state index contributed by atoms with van der Waals surface area (Å²) in [4.78, 5) is 40.2. The Bertz CT molecular complexity index is 1160. The molecule has 3 rings (SSSR count). The van der Waals surface area contributed by atoms with Crippen molar-refractivity contribution >= 4 is 17.7 Å². The van der Waals surface area contributed by atoms with E-state index in [1.807, 2.05) is 66.7 Å². The highest BCUT2D eigenvalue weighted by molar-refractivity contribution is 5.92. The predicted molar refractivity (Wildman–Crippen MR) is 150 cm³/mol. The van der Waals surface area contributed by atoms with Gasteiger partial charge < -0.3 is 37.2 Å². The lowest BCUT2D eigenvalue weighted by molar-refractivity contribution is -0.135. The summed E-state index contributed by atoms with van der Waals surface area (Å²) in [6, 6.07) is 19.1. The van der Waals surface area contributed by atoms with Crippen molar-refractivity contribution in [2.24, 2.45) is 17.2 Å². The Morgan fingerprint density at radius 1 is 0.846 bits per heavy atom. The summed E-state index contributed by atoms with van der Waals surface area (Å²) in [6.45, 7) is 1.50. The fourth-order valence-corrected chi connectivity index (χ4v) is 4.13. The molecule has 8 N–H and O–H groups in total. The summed E-state index contributed by atoms with van der Waals surface area (Å²) < 4.78 is 5.41. The topological polar surface area (TPSA) is 170 Å². The molecule has 39 heavy (non-hydrogen) atoms. The lowest BCUT2D eigenvalue weighted by atomic mass is 10.0. The molecule has 10 nitrogen and oxygen atoms in total. The van der Waals surface area contributed by atoms with Gasteiger partial charge in [-0.05, 0) is 36.1 Å². The zero-order chi connectivity index (χ0) is 28.0. The van der Waals surface area contributed by atoms with E-state index in [-0.39, 0.29) is 37.9 Å². The normalized spacial score (nSPS) is 12.4. The van der Waals surface area contributed by atoms with Crippen molar-refractivity contribution in [1.29, 1.82) is 0 Å². The van der Waals surface area contributed by atoms with Gasteiger partial charge in [-0.3, -0.25) is 14.4 Å². The third kappa shape index (κ3) is 9.36. The number of nitrogens with one attached hydrogen (secondary N) is 2. The fourth-order valence-electron chi connectivity index (χ4n) is 4.13. The van der Waals surface area contributed by atoms with Gasteiger partial charge in [0.1, 0.15) is 11.8 Å². The van der Waals surface area contributed by atoms with Crippen LogP contribution in [0.15, 0.2) is 77.4 Å². The molecule has 10 heteroatoms.